The molecule has 4 rings (SSSR count). The van der Waals surface area contributed by atoms with E-state index in [4.69, 9.17) is 0 Å². The summed E-state index contributed by atoms with van der Waals surface area (Å²) >= 11 is 3.33. The Hall–Kier alpha value is -3.22. The lowest BCUT2D eigenvalue weighted by atomic mass is 10.4. The van der Waals surface area contributed by atoms with Crippen LogP contribution in [0, 0.1) is 0 Å². The molecule has 4 aromatic heterocycles. The van der Waals surface area contributed by atoms with Crippen molar-refractivity contribution < 1.29 is 0 Å². The van der Waals surface area contributed by atoms with Gasteiger partial charge in [-0.3, -0.25) is 27.9 Å². The maximum atomic E-state index is 12.8. The lowest BCUT2D eigenvalue weighted by Crippen LogP contribution is -2.40. The SMILES string of the molecule is Cn1c(=O)c2nc(Br)n(CCCn3c(=O)c4c(ncn4C)n(C)c3=O)c2n(C)c1=O. The Bertz CT molecular complexity index is 1560. The number of hydrogen-bond donors (Lipinski definition) is 0. The molecule has 158 valence electrons. The molecular formula is C17H19BrN8O4. The van der Waals surface area contributed by atoms with Crippen LogP contribution in [-0.4, -0.2) is 37.4 Å². The van der Waals surface area contributed by atoms with Crippen LogP contribution in [0.25, 0.3) is 22.3 Å². The van der Waals surface area contributed by atoms with Crippen LogP contribution in [0.15, 0.2) is 30.2 Å². The van der Waals surface area contributed by atoms with Crippen molar-refractivity contribution in [2.75, 3.05) is 0 Å². The van der Waals surface area contributed by atoms with Crippen molar-refractivity contribution >= 4 is 38.3 Å². The molecule has 12 nitrogen and oxygen atoms in total. The van der Waals surface area contributed by atoms with Crippen molar-refractivity contribution in [3.8, 4) is 0 Å². The summed E-state index contributed by atoms with van der Waals surface area (Å²) in [6.45, 7) is 0.480. The number of aryl methyl sites for hydroxylation is 4. The Morgan fingerprint density at radius 1 is 0.867 bits per heavy atom. The van der Waals surface area contributed by atoms with Gasteiger partial charge in [0.2, 0.25) is 0 Å². The molecule has 4 aromatic rings. The minimum Gasteiger partial charge on any atom is -0.328 e. The molecule has 0 saturated heterocycles. The average molecular weight is 479 g/mol. The van der Waals surface area contributed by atoms with E-state index >= 15 is 0 Å². The highest BCUT2D eigenvalue weighted by Crippen LogP contribution is 2.17. The molecule has 0 amide bonds. The van der Waals surface area contributed by atoms with E-state index in [2.05, 4.69) is 25.9 Å². The summed E-state index contributed by atoms with van der Waals surface area (Å²) in [4.78, 5) is 58.4. The molecule has 0 N–H and O–H groups in total. The normalized spacial score (nSPS) is 11.8. The van der Waals surface area contributed by atoms with Crippen molar-refractivity contribution in [3.63, 3.8) is 0 Å². The molecule has 0 atom stereocenters. The van der Waals surface area contributed by atoms with Crippen LogP contribution >= 0.6 is 15.9 Å². The van der Waals surface area contributed by atoms with E-state index < -0.39 is 22.5 Å². The van der Waals surface area contributed by atoms with Gasteiger partial charge in [-0.05, 0) is 22.4 Å². The molecule has 0 fully saturated rings. The zero-order chi connectivity index (χ0) is 21.9. The number of rotatable bonds is 4. The minimum absolute atomic E-state index is 0.150. The third-order valence-electron chi connectivity index (χ3n) is 5.26. The minimum atomic E-state index is -0.487. The third kappa shape index (κ3) is 2.72. The second-order valence-electron chi connectivity index (χ2n) is 7.09. The zero-order valence-electron chi connectivity index (χ0n) is 16.8. The number of hydrogen-bond acceptors (Lipinski definition) is 6. The van der Waals surface area contributed by atoms with Crippen molar-refractivity contribution in [2.45, 2.75) is 19.5 Å². The Morgan fingerprint density at radius 3 is 2.23 bits per heavy atom. The molecule has 0 bridgehead atoms. The Kier molecular flexibility index (Phi) is 4.64. The van der Waals surface area contributed by atoms with Crippen LogP contribution in [0.2, 0.25) is 0 Å². The molecule has 0 unspecified atom stereocenters. The van der Waals surface area contributed by atoms with E-state index in [1.165, 1.54) is 22.5 Å². The monoisotopic (exact) mass is 478 g/mol. The summed E-state index contributed by atoms with van der Waals surface area (Å²) in [7, 11) is 6.22. The summed E-state index contributed by atoms with van der Waals surface area (Å²) < 4.78 is 8.50. The third-order valence-corrected chi connectivity index (χ3v) is 5.86. The van der Waals surface area contributed by atoms with Crippen LogP contribution in [0.3, 0.4) is 0 Å². The molecule has 30 heavy (non-hydrogen) atoms. The second kappa shape index (κ2) is 6.93. The summed E-state index contributed by atoms with van der Waals surface area (Å²) in [5.74, 6) is 0. The lowest BCUT2D eigenvalue weighted by Gasteiger charge is -2.11. The van der Waals surface area contributed by atoms with Gasteiger partial charge in [0.05, 0.1) is 6.33 Å². The zero-order valence-corrected chi connectivity index (χ0v) is 18.4. The summed E-state index contributed by atoms with van der Waals surface area (Å²) in [6, 6.07) is 0. The summed E-state index contributed by atoms with van der Waals surface area (Å²) in [6.07, 6.45) is 1.89. The topological polar surface area (TPSA) is 124 Å². The Labute approximate surface area is 176 Å². The number of aromatic nitrogens is 8. The largest absolute Gasteiger partial charge is 0.332 e. The van der Waals surface area contributed by atoms with Gasteiger partial charge in [0.25, 0.3) is 11.1 Å². The molecular weight excluding hydrogens is 460 g/mol. The van der Waals surface area contributed by atoms with Gasteiger partial charge < -0.3 is 9.13 Å². The van der Waals surface area contributed by atoms with Crippen molar-refractivity contribution in [1.82, 2.24) is 37.4 Å². The first-order valence-corrected chi connectivity index (χ1v) is 9.87. The standard InChI is InChI=1S/C17H19BrN8O4/c1-21-8-19-11-10(21)14(28)26(17(30)22(11)2)7-5-6-25-12-9(20-15(25)18)13(27)24(4)16(29)23(12)3/h8H,5-7H2,1-4H3. The molecule has 4 heterocycles. The molecule has 0 saturated carbocycles. The summed E-state index contributed by atoms with van der Waals surface area (Å²) in [5, 5.41) is 0. The van der Waals surface area contributed by atoms with E-state index in [0.29, 0.717) is 34.5 Å². The smallest absolute Gasteiger partial charge is 0.328 e. The van der Waals surface area contributed by atoms with Gasteiger partial charge >= 0.3 is 11.4 Å². The molecule has 0 aliphatic rings. The Morgan fingerprint density at radius 2 is 1.53 bits per heavy atom. The molecule has 13 heteroatoms. The summed E-state index contributed by atoms with van der Waals surface area (Å²) in [5.41, 5.74) is -0.610. The van der Waals surface area contributed by atoms with Gasteiger partial charge in [-0.2, -0.15) is 0 Å². The maximum Gasteiger partial charge on any atom is 0.332 e. The van der Waals surface area contributed by atoms with Crippen LogP contribution in [0.1, 0.15) is 6.42 Å². The second-order valence-corrected chi connectivity index (χ2v) is 7.80. The Balaban J connectivity index is 1.74. The molecule has 0 aromatic carbocycles. The average Bonchev–Trinajstić information content (AvgIpc) is 3.26. The maximum absolute atomic E-state index is 12.8. The van der Waals surface area contributed by atoms with Crippen LogP contribution in [0.5, 0.6) is 0 Å². The van der Waals surface area contributed by atoms with Gasteiger partial charge in [0.15, 0.2) is 27.1 Å². The fourth-order valence-corrected chi connectivity index (χ4v) is 4.16. The molecule has 0 radical (unpaired) electrons. The van der Waals surface area contributed by atoms with E-state index in [1.54, 1.807) is 30.3 Å². The van der Waals surface area contributed by atoms with Crippen LogP contribution in [0.4, 0.5) is 0 Å². The van der Waals surface area contributed by atoms with Crippen LogP contribution in [-0.2, 0) is 41.3 Å². The van der Waals surface area contributed by atoms with Gasteiger partial charge in [0, 0.05) is 41.3 Å². The van der Waals surface area contributed by atoms with Gasteiger partial charge in [-0.25, -0.2) is 19.6 Å². The molecule has 0 spiro atoms. The fourth-order valence-electron chi connectivity index (χ4n) is 3.64. The van der Waals surface area contributed by atoms with E-state index in [9.17, 15) is 19.2 Å². The van der Waals surface area contributed by atoms with Gasteiger partial charge in [-0.1, -0.05) is 0 Å². The first kappa shape index (κ1) is 20.1. The van der Waals surface area contributed by atoms with E-state index in [1.807, 2.05) is 0 Å². The quantitative estimate of drug-likeness (QED) is 0.347. The number of imidazole rings is 2. The highest BCUT2D eigenvalue weighted by Gasteiger charge is 2.18. The first-order valence-electron chi connectivity index (χ1n) is 9.07. The number of halogens is 1. The van der Waals surface area contributed by atoms with E-state index in [0.717, 1.165) is 9.13 Å². The first-order chi connectivity index (χ1) is 14.1. The highest BCUT2D eigenvalue weighted by molar-refractivity contribution is 9.10. The van der Waals surface area contributed by atoms with Gasteiger partial charge in [0.1, 0.15) is 0 Å². The molecule has 0 aliphatic carbocycles. The van der Waals surface area contributed by atoms with Crippen molar-refractivity contribution in [1.29, 1.82) is 0 Å². The number of fused-ring (bicyclic) bond motifs is 2. The predicted octanol–water partition coefficient (Wildman–Crippen LogP) is -0.966. The van der Waals surface area contributed by atoms with E-state index in [-0.39, 0.29) is 12.1 Å². The lowest BCUT2D eigenvalue weighted by molar-refractivity contribution is 0.522. The number of nitrogens with zero attached hydrogens (tertiary/aromatic N) is 8. The van der Waals surface area contributed by atoms with Gasteiger partial charge in [-0.15, -0.1) is 0 Å². The predicted molar refractivity (Wildman–Crippen MR) is 113 cm³/mol. The van der Waals surface area contributed by atoms with Crippen molar-refractivity contribution in [3.05, 3.63) is 52.7 Å². The fraction of sp³-hybridized carbons (Fsp3) is 0.412. The molecule has 0 aliphatic heterocycles. The van der Waals surface area contributed by atoms with Crippen LogP contribution < -0.4 is 22.5 Å². The highest BCUT2D eigenvalue weighted by atomic mass is 79.9. The van der Waals surface area contributed by atoms with Crippen molar-refractivity contribution in [2.24, 2.45) is 28.2 Å².